The lowest BCUT2D eigenvalue weighted by Crippen LogP contribution is -2.17. The van der Waals surface area contributed by atoms with Crippen LogP contribution in [-0.2, 0) is 11.3 Å². The maximum atomic E-state index is 10.2. The van der Waals surface area contributed by atoms with E-state index in [1.54, 1.807) is 17.4 Å². The molecule has 0 aliphatic carbocycles. The highest BCUT2D eigenvalue weighted by atomic mass is 32.1. The van der Waals surface area contributed by atoms with E-state index < -0.39 is 5.97 Å². The van der Waals surface area contributed by atoms with Crippen molar-refractivity contribution < 1.29 is 9.90 Å². The van der Waals surface area contributed by atoms with Crippen molar-refractivity contribution in [2.24, 2.45) is 0 Å². The highest BCUT2D eigenvalue weighted by Gasteiger charge is 2.02. The van der Waals surface area contributed by atoms with Gasteiger partial charge in [0.2, 0.25) is 0 Å². The summed E-state index contributed by atoms with van der Waals surface area (Å²) in [5, 5.41) is 10.5. The van der Waals surface area contributed by atoms with Gasteiger partial charge in [0.1, 0.15) is 0 Å². The van der Waals surface area contributed by atoms with Gasteiger partial charge in [-0.15, -0.1) is 11.3 Å². The Kier molecular flexibility index (Phi) is 4.52. The third-order valence-electron chi connectivity index (χ3n) is 2.06. The lowest BCUT2D eigenvalue weighted by Gasteiger charge is -2.13. The van der Waals surface area contributed by atoms with E-state index in [1.807, 2.05) is 7.05 Å². The fraction of sp³-hybridized carbons (Fsp3) is 0.364. The van der Waals surface area contributed by atoms with Crippen LogP contribution in [0, 0.1) is 6.92 Å². The fourth-order valence-electron chi connectivity index (χ4n) is 1.21. The van der Waals surface area contributed by atoms with Crippen LogP contribution in [0.2, 0.25) is 0 Å². The Morgan fingerprint density at radius 3 is 2.93 bits per heavy atom. The number of nitrogens with zero attached hydrogens (tertiary/aromatic N) is 1. The van der Waals surface area contributed by atoms with E-state index in [2.05, 4.69) is 23.3 Å². The molecule has 0 aliphatic heterocycles. The Morgan fingerprint density at radius 1 is 1.67 bits per heavy atom. The van der Waals surface area contributed by atoms with Crippen molar-refractivity contribution in [2.75, 3.05) is 13.6 Å². The highest BCUT2D eigenvalue weighted by molar-refractivity contribution is 7.10. The first-order valence-electron chi connectivity index (χ1n) is 4.70. The van der Waals surface area contributed by atoms with Crippen LogP contribution in [0.15, 0.2) is 23.6 Å². The van der Waals surface area contributed by atoms with Gasteiger partial charge in [-0.05, 0) is 31.0 Å². The van der Waals surface area contributed by atoms with Gasteiger partial charge in [-0.2, -0.15) is 0 Å². The quantitative estimate of drug-likeness (QED) is 0.780. The molecule has 3 nitrogen and oxygen atoms in total. The van der Waals surface area contributed by atoms with Crippen molar-refractivity contribution >= 4 is 17.3 Å². The number of hydrogen-bond acceptors (Lipinski definition) is 3. The molecule has 0 amide bonds. The van der Waals surface area contributed by atoms with Crippen molar-refractivity contribution in [3.63, 3.8) is 0 Å². The molecular formula is C11H15NO2S. The van der Waals surface area contributed by atoms with E-state index in [0.717, 1.165) is 6.54 Å². The minimum atomic E-state index is -0.893. The lowest BCUT2D eigenvalue weighted by atomic mass is 10.3. The Morgan fingerprint density at radius 2 is 2.40 bits per heavy atom. The smallest absolute Gasteiger partial charge is 0.328 e. The van der Waals surface area contributed by atoms with E-state index in [4.69, 9.17) is 5.11 Å². The second-order valence-electron chi connectivity index (χ2n) is 3.46. The SMILES string of the molecule is Cc1ccsc1CN(C)C/C=C/C(=O)O. The molecule has 0 unspecified atom stereocenters. The number of carbonyl (C=O) groups is 1. The Bertz CT molecular complexity index is 357. The first-order valence-corrected chi connectivity index (χ1v) is 5.58. The van der Waals surface area contributed by atoms with Crippen LogP contribution in [-0.4, -0.2) is 29.6 Å². The largest absolute Gasteiger partial charge is 0.478 e. The minimum Gasteiger partial charge on any atom is -0.478 e. The van der Waals surface area contributed by atoms with Crippen LogP contribution in [0.25, 0.3) is 0 Å². The van der Waals surface area contributed by atoms with E-state index in [0.29, 0.717) is 6.54 Å². The van der Waals surface area contributed by atoms with Gasteiger partial charge in [0.05, 0.1) is 0 Å². The zero-order chi connectivity index (χ0) is 11.3. The normalized spacial score (nSPS) is 11.4. The molecule has 1 N–H and O–H groups in total. The van der Waals surface area contributed by atoms with Gasteiger partial charge >= 0.3 is 5.97 Å². The molecule has 0 radical (unpaired) electrons. The van der Waals surface area contributed by atoms with E-state index in [9.17, 15) is 4.79 Å². The molecule has 1 heterocycles. The number of aliphatic carboxylic acids is 1. The topological polar surface area (TPSA) is 40.5 Å². The molecule has 1 aromatic rings. The number of thiophene rings is 1. The zero-order valence-electron chi connectivity index (χ0n) is 8.93. The van der Waals surface area contributed by atoms with Gasteiger partial charge in [-0.1, -0.05) is 6.08 Å². The summed E-state index contributed by atoms with van der Waals surface area (Å²) in [6.07, 6.45) is 2.84. The summed E-state index contributed by atoms with van der Waals surface area (Å²) in [5.41, 5.74) is 1.30. The van der Waals surface area contributed by atoms with Gasteiger partial charge in [-0.3, -0.25) is 4.90 Å². The standard InChI is InChI=1S/C11H15NO2S/c1-9-5-7-15-10(9)8-12(2)6-3-4-11(13)14/h3-5,7H,6,8H2,1-2H3,(H,13,14)/b4-3+. The van der Waals surface area contributed by atoms with E-state index in [1.165, 1.54) is 16.5 Å². The first-order chi connectivity index (χ1) is 7.09. The van der Waals surface area contributed by atoms with Crippen LogP contribution in [0.4, 0.5) is 0 Å². The molecule has 0 aliphatic rings. The van der Waals surface area contributed by atoms with Crippen LogP contribution in [0.3, 0.4) is 0 Å². The Hall–Kier alpha value is -1.13. The molecule has 0 spiro atoms. The second kappa shape index (κ2) is 5.68. The van der Waals surface area contributed by atoms with Crippen LogP contribution >= 0.6 is 11.3 Å². The van der Waals surface area contributed by atoms with Crippen molar-refractivity contribution in [3.05, 3.63) is 34.0 Å². The van der Waals surface area contributed by atoms with Crippen LogP contribution in [0.1, 0.15) is 10.4 Å². The average molecular weight is 225 g/mol. The molecule has 1 aromatic heterocycles. The van der Waals surface area contributed by atoms with Gasteiger partial charge in [0.15, 0.2) is 0 Å². The van der Waals surface area contributed by atoms with E-state index >= 15 is 0 Å². The summed E-state index contributed by atoms with van der Waals surface area (Å²) in [5.74, 6) is -0.893. The maximum absolute atomic E-state index is 10.2. The van der Waals surface area contributed by atoms with Crippen LogP contribution < -0.4 is 0 Å². The number of rotatable bonds is 5. The Balaban J connectivity index is 2.40. The predicted molar refractivity (Wildman–Crippen MR) is 62.2 cm³/mol. The molecular weight excluding hydrogens is 210 g/mol. The van der Waals surface area contributed by atoms with Crippen molar-refractivity contribution in [1.82, 2.24) is 4.90 Å². The molecule has 4 heteroatoms. The number of aryl methyl sites for hydroxylation is 1. The number of carboxylic acids is 1. The molecule has 0 bridgehead atoms. The summed E-state index contributed by atoms with van der Waals surface area (Å²) in [4.78, 5) is 13.7. The van der Waals surface area contributed by atoms with Crippen molar-refractivity contribution in [2.45, 2.75) is 13.5 Å². The summed E-state index contributed by atoms with van der Waals surface area (Å²) >= 11 is 1.74. The monoisotopic (exact) mass is 225 g/mol. The molecule has 82 valence electrons. The van der Waals surface area contributed by atoms with Crippen molar-refractivity contribution in [3.8, 4) is 0 Å². The van der Waals surface area contributed by atoms with Crippen molar-refractivity contribution in [1.29, 1.82) is 0 Å². The first kappa shape index (κ1) is 11.9. The molecule has 0 saturated heterocycles. The lowest BCUT2D eigenvalue weighted by molar-refractivity contribution is -0.131. The highest BCUT2D eigenvalue weighted by Crippen LogP contribution is 2.16. The van der Waals surface area contributed by atoms with Gasteiger partial charge < -0.3 is 5.11 Å². The van der Waals surface area contributed by atoms with Gasteiger partial charge in [0.25, 0.3) is 0 Å². The summed E-state index contributed by atoms with van der Waals surface area (Å²) < 4.78 is 0. The zero-order valence-corrected chi connectivity index (χ0v) is 9.75. The summed E-state index contributed by atoms with van der Waals surface area (Å²) in [7, 11) is 1.98. The maximum Gasteiger partial charge on any atom is 0.328 e. The third kappa shape index (κ3) is 4.27. The second-order valence-corrected chi connectivity index (χ2v) is 4.46. The number of hydrogen-bond donors (Lipinski definition) is 1. The fourth-order valence-corrected chi connectivity index (χ4v) is 2.19. The molecule has 15 heavy (non-hydrogen) atoms. The number of carboxylic acid groups (broad SMARTS) is 1. The van der Waals surface area contributed by atoms with Crippen LogP contribution in [0.5, 0.6) is 0 Å². The minimum absolute atomic E-state index is 0.656. The molecule has 0 fully saturated rings. The van der Waals surface area contributed by atoms with Gasteiger partial charge in [-0.25, -0.2) is 4.79 Å². The molecule has 0 aromatic carbocycles. The summed E-state index contributed by atoms with van der Waals surface area (Å²) in [6.45, 7) is 3.61. The molecule has 0 atom stereocenters. The number of likely N-dealkylation sites (N-methyl/N-ethyl adjacent to an activating group) is 1. The third-order valence-corrected chi connectivity index (χ3v) is 3.07. The molecule has 0 saturated carbocycles. The average Bonchev–Trinajstić information content (AvgIpc) is 2.51. The predicted octanol–water partition coefficient (Wildman–Crippen LogP) is 2.13. The summed E-state index contributed by atoms with van der Waals surface area (Å²) in [6, 6.07) is 2.10. The Labute approximate surface area is 93.7 Å². The molecule has 1 rings (SSSR count). The van der Waals surface area contributed by atoms with E-state index in [-0.39, 0.29) is 0 Å². The van der Waals surface area contributed by atoms with Gasteiger partial charge in [0, 0.05) is 24.0 Å².